The van der Waals surface area contributed by atoms with Gasteiger partial charge in [0.2, 0.25) is 11.5 Å². The number of fused-ring (bicyclic) bond motifs is 2. The second-order valence-electron chi connectivity index (χ2n) is 31.2. The molecule has 4 aliphatic rings. The second kappa shape index (κ2) is 35.7. The van der Waals surface area contributed by atoms with Gasteiger partial charge in [0.1, 0.15) is 28.5 Å². The lowest BCUT2D eigenvalue weighted by Gasteiger charge is -2.33. The molecule has 8 unspecified atom stereocenters. The Bertz CT molecular complexity index is 4110. The Hall–Kier alpha value is -7.72. The van der Waals surface area contributed by atoms with Crippen LogP contribution in [0, 0.1) is 50.7 Å². The van der Waals surface area contributed by atoms with Crippen LogP contribution < -0.4 is 9.50 Å². The Morgan fingerprint density at radius 1 is 0.670 bits per heavy atom. The number of phenols is 1. The van der Waals surface area contributed by atoms with Crippen molar-refractivity contribution in [2.45, 2.75) is 265 Å². The van der Waals surface area contributed by atoms with Gasteiger partial charge in [0, 0.05) is 39.8 Å². The number of nitriles is 1. The molecule has 0 radical (unpaired) electrons. The van der Waals surface area contributed by atoms with E-state index < -0.39 is 107 Å². The monoisotopic (exact) mass is 1590 g/mol. The molecular weight excluding hydrogens is 1490 g/mol. The molecule has 2 N–H and O–H groups in total. The molecule has 4 aromatic rings. The molecule has 2 bridgehead atoms. The molecule has 8 atom stereocenters. The van der Waals surface area contributed by atoms with E-state index in [1.54, 1.807) is 79.7 Å². The van der Waals surface area contributed by atoms with Gasteiger partial charge in [-0.3, -0.25) is 19.2 Å². The number of hydrogen-bond donors (Lipinski definition) is 2. The van der Waals surface area contributed by atoms with Crippen LogP contribution in [0.4, 0.5) is 50.0 Å². The lowest BCUT2D eigenvalue weighted by Crippen LogP contribution is -2.61. The van der Waals surface area contributed by atoms with Crippen molar-refractivity contribution in [1.82, 2.24) is 0 Å². The summed E-state index contributed by atoms with van der Waals surface area (Å²) in [5.74, 6) is -8.52. The quantitative estimate of drug-likeness (QED) is 0.0216. The summed E-state index contributed by atoms with van der Waals surface area (Å²) in [7, 11) is -14.4. The summed E-state index contributed by atoms with van der Waals surface area (Å²) in [5, 5.41) is 6.80. The number of ketones is 1. The van der Waals surface area contributed by atoms with E-state index in [9.17, 15) is 94.9 Å². The van der Waals surface area contributed by atoms with Crippen molar-refractivity contribution in [3.05, 3.63) is 102 Å². The lowest BCUT2D eigenvalue weighted by molar-refractivity contribution is -0.264. The average Bonchev–Trinajstić information content (AvgIpc) is 1.59. The number of nitrogens with zero attached hydrogens (tertiary/aromatic N) is 1. The van der Waals surface area contributed by atoms with Gasteiger partial charge in [-0.05, 0) is 192 Å². The summed E-state index contributed by atoms with van der Waals surface area (Å²) < 4.78 is 208. The zero-order valence-electron chi connectivity index (χ0n) is 65.0. The van der Waals surface area contributed by atoms with Crippen molar-refractivity contribution in [2.24, 2.45) is 39.4 Å². The largest absolute Gasteiger partial charge is 0.743 e. The predicted molar refractivity (Wildman–Crippen MR) is 387 cm³/mol. The molecule has 20 nitrogen and oxygen atoms in total. The number of amides is 1. The number of rotatable bonds is 24. The van der Waals surface area contributed by atoms with E-state index in [2.05, 4.69) is 36.3 Å². The van der Waals surface area contributed by atoms with Crippen LogP contribution in [0.25, 0.3) is 10.8 Å². The molecule has 4 fully saturated rings. The van der Waals surface area contributed by atoms with E-state index in [0.717, 1.165) is 75.6 Å². The molecule has 4 aromatic carbocycles. The third-order valence-corrected chi connectivity index (χ3v) is 23.5. The highest BCUT2D eigenvalue weighted by Gasteiger charge is 2.81. The number of alkyl halides is 9. The number of carbonyl (C=O) groups is 6. The first-order valence-corrected chi connectivity index (χ1v) is 39.0. The molecule has 31 heteroatoms. The average molecular weight is 1590 g/mol. The number of Topliss-reactive ketones (excluding diaryl/α,β-unsaturated/α-hetero) is 1. The van der Waals surface area contributed by atoms with Gasteiger partial charge >= 0.3 is 56.8 Å². The van der Waals surface area contributed by atoms with Crippen LogP contribution in [0.15, 0.2) is 84.9 Å². The van der Waals surface area contributed by atoms with Crippen molar-refractivity contribution in [2.75, 3.05) is 11.9 Å². The van der Waals surface area contributed by atoms with Gasteiger partial charge in [0.15, 0.2) is 28.3 Å². The van der Waals surface area contributed by atoms with Crippen molar-refractivity contribution in [3.63, 3.8) is 0 Å². The van der Waals surface area contributed by atoms with Gasteiger partial charge < -0.3 is 42.8 Å². The number of benzene rings is 4. The van der Waals surface area contributed by atoms with Gasteiger partial charge in [-0.2, -0.15) is 53.2 Å². The first-order chi connectivity index (χ1) is 49.9. The second-order valence-corrected chi connectivity index (χ2v) is 34.2. The maximum Gasteiger partial charge on any atom is 0.510 e. The molecule has 610 valence electrons. The third-order valence-electron chi connectivity index (χ3n) is 21.3. The van der Waals surface area contributed by atoms with Crippen LogP contribution in [0.2, 0.25) is 0 Å². The van der Waals surface area contributed by atoms with Crippen molar-refractivity contribution < 1.29 is 123 Å². The minimum Gasteiger partial charge on any atom is -0.743 e. The first kappa shape index (κ1) is 93.7. The van der Waals surface area contributed by atoms with Gasteiger partial charge in [-0.15, -0.1) is 0 Å². The molecule has 109 heavy (non-hydrogen) atoms. The number of esters is 3. The Labute approximate surface area is 633 Å². The molecule has 0 aliphatic heterocycles. The van der Waals surface area contributed by atoms with Crippen LogP contribution in [0.5, 0.6) is 11.5 Å². The molecule has 0 heterocycles. The smallest absolute Gasteiger partial charge is 0.510 e. The predicted octanol–water partition coefficient (Wildman–Crippen LogP) is 18.8. The summed E-state index contributed by atoms with van der Waals surface area (Å²) >= 11 is 0. The summed E-state index contributed by atoms with van der Waals surface area (Å²) in [5.41, 5.74) is -4.35. The van der Waals surface area contributed by atoms with Crippen molar-refractivity contribution >= 4 is 72.4 Å². The zero-order chi connectivity index (χ0) is 83.5. The molecule has 4 aliphatic carbocycles. The topological polar surface area (TPSA) is 305 Å². The fourth-order valence-electron chi connectivity index (χ4n) is 12.3. The number of ether oxygens (including phenoxy) is 5. The van der Waals surface area contributed by atoms with Crippen LogP contribution in [0.1, 0.15) is 237 Å². The molecule has 0 spiro atoms. The van der Waals surface area contributed by atoms with E-state index in [4.69, 9.17) is 28.8 Å². The highest BCUT2D eigenvalue weighted by molar-refractivity contribution is 7.88. The molecule has 8 rings (SSSR count). The molecular formula is C78H104F9N2O18S2-. The van der Waals surface area contributed by atoms with Crippen LogP contribution in [-0.4, -0.2) is 109 Å². The van der Waals surface area contributed by atoms with Crippen molar-refractivity contribution in [1.29, 1.82) is 5.26 Å². The van der Waals surface area contributed by atoms with E-state index in [1.165, 1.54) is 48.7 Å². The Balaban J connectivity index is 0.000000302. The SMILES string of the molecule is CCC(C)(C)C(=O)Nc1cccc2c(OS(=O)(=O)C(F)(F)C(F)(F)C(F)(F)S(=O)(=O)[O-])cccc12.CCC(C)(C)C(=O)OCC(=O)OC1C2CC3C1CC(=O)C3(C#N)C2.CCC(C)c1ccc(C(C)(OC(=O)OC(C)(C)C)C(F)(F)F)cc1.CCC(C)c1ccc(O)cc1.CCC1(OC(=O)C(C)(C)CC)CCCC1. The number of halogens is 9. The number of aromatic hydroxyl groups is 1. The van der Waals surface area contributed by atoms with Gasteiger partial charge in [-0.25, -0.2) is 18.0 Å². The highest BCUT2D eigenvalue weighted by atomic mass is 32.2. The van der Waals surface area contributed by atoms with Crippen LogP contribution in [0.3, 0.4) is 0 Å². The number of phenolic OH excluding ortho intramolecular Hbond substituents is 1. The van der Waals surface area contributed by atoms with E-state index in [1.807, 2.05) is 53.7 Å². The number of nitrogens with one attached hydrogen (secondary N) is 1. The lowest BCUT2D eigenvalue weighted by atomic mass is 9.74. The Morgan fingerprint density at radius 3 is 1.63 bits per heavy atom. The minimum atomic E-state index is -7.42. The van der Waals surface area contributed by atoms with Gasteiger partial charge in [-0.1, -0.05) is 130 Å². The molecule has 0 saturated heterocycles. The number of hydrogen-bond acceptors (Lipinski definition) is 19. The molecule has 0 aromatic heterocycles. The normalized spacial score (nSPS) is 20.2. The van der Waals surface area contributed by atoms with E-state index in [-0.39, 0.29) is 74.6 Å². The van der Waals surface area contributed by atoms with Crippen LogP contribution in [-0.2, 0) is 73.5 Å². The number of carbonyl (C=O) groups excluding carboxylic acids is 6. The summed E-state index contributed by atoms with van der Waals surface area (Å²) in [6.07, 6.45) is 4.48. The minimum absolute atomic E-state index is 0.00262. The van der Waals surface area contributed by atoms with E-state index >= 15 is 0 Å². The Morgan fingerprint density at radius 2 is 1.17 bits per heavy atom. The molecule has 4 saturated carbocycles. The van der Waals surface area contributed by atoms with Gasteiger partial charge in [0.25, 0.3) is 0 Å². The summed E-state index contributed by atoms with van der Waals surface area (Å²) in [6.45, 7) is 31.9. The maximum atomic E-state index is 14.1. The maximum absolute atomic E-state index is 14.1. The fourth-order valence-corrected chi connectivity index (χ4v) is 13.7. The summed E-state index contributed by atoms with van der Waals surface area (Å²) in [4.78, 5) is 72.4. The van der Waals surface area contributed by atoms with Crippen LogP contribution >= 0.6 is 0 Å². The zero-order valence-corrected chi connectivity index (χ0v) is 66.6. The van der Waals surface area contributed by atoms with Crippen molar-refractivity contribution in [3.8, 4) is 17.6 Å². The van der Waals surface area contributed by atoms with E-state index in [0.29, 0.717) is 37.4 Å². The fraction of sp³-hybridized carbons (Fsp3) is 0.628. The molecule has 1 amide bonds. The van der Waals surface area contributed by atoms with Gasteiger partial charge in [0.05, 0.1) is 16.9 Å². The third kappa shape index (κ3) is 21.7. The number of anilines is 1. The first-order valence-electron chi connectivity index (χ1n) is 36.2. The Kier molecular flexibility index (Phi) is 30.7. The highest BCUT2D eigenvalue weighted by Crippen LogP contribution is 2.65. The summed E-state index contributed by atoms with van der Waals surface area (Å²) in [6, 6.07) is 22.3. The standard InChI is InChI=1S/C19H19F6NO7S2.C18H25F3O3.C18H23NO5.C13H24O2.C10H14O/c1-4-16(2,3)15(27)26-13-9-5-8-12-11(13)7-6-10-14(12)33-35(31,32)19(24,25)17(20,21)18(22,23)34(28,29)30;1-7-12(2)13-8-10-14(11-9-13)17(6,18(19,20)21)24-15(22)23-16(3,4)5;1-4-17(2,3)16(22)23-8-14(21)24-15-10-5-12-11(15)6-13(20)18(12,7-10)9-19;1-5-12(3,4)11(14)15-13(6-2)9-7-8-10-13;1-3-8(2)9-4-6-10(11)7-5-9/h5-10H,4H2,1-3H3,(H,26,27)(H,28,29,30);8-12H,7H2,1-6H3;10-12,15H,4-8H2,1-3H3;5-10H2,1-4H3;4-8,11H,3H2,1-2H3/p-1.